The molecule has 6 nitrogen and oxygen atoms in total. The first-order chi connectivity index (χ1) is 14.5. The predicted octanol–water partition coefficient (Wildman–Crippen LogP) is 5.11. The van der Waals surface area contributed by atoms with Gasteiger partial charge in [-0.2, -0.15) is 5.10 Å². The Morgan fingerprint density at radius 1 is 1.13 bits per heavy atom. The number of amides is 2. The number of aromatic nitrogens is 2. The number of nitrogens with one attached hydrogen (secondary N) is 2. The second kappa shape index (κ2) is 8.61. The van der Waals surface area contributed by atoms with E-state index in [1.807, 2.05) is 55.1 Å². The molecule has 2 N–H and O–H groups in total. The van der Waals surface area contributed by atoms with Crippen LogP contribution in [0.1, 0.15) is 35.6 Å². The van der Waals surface area contributed by atoms with Crippen LogP contribution in [0.25, 0.3) is 11.3 Å². The normalized spacial score (nSPS) is 14.6. The Labute approximate surface area is 177 Å². The Balaban J connectivity index is 1.37. The summed E-state index contributed by atoms with van der Waals surface area (Å²) in [6, 6.07) is 16.1. The molecule has 3 aromatic rings. The van der Waals surface area contributed by atoms with E-state index in [1.54, 1.807) is 7.11 Å². The molecule has 4 rings (SSSR count). The van der Waals surface area contributed by atoms with Crippen LogP contribution in [-0.2, 0) is 0 Å². The number of rotatable bonds is 4. The molecule has 0 unspecified atom stereocenters. The lowest BCUT2D eigenvalue weighted by Crippen LogP contribution is -2.40. The molecule has 0 aliphatic carbocycles. The van der Waals surface area contributed by atoms with Gasteiger partial charge in [0.05, 0.1) is 12.8 Å². The van der Waals surface area contributed by atoms with Crippen molar-refractivity contribution in [1.29, 1.82) is 0 Å². The number of hydrogen-bond donors (Lipinski definition) is 2. The largest absolute Gasteiger partial charge is 0.497 e. The maximum absolute atomic E-state index is 12.7. The van der Waals surface area contributed by atoms with E-state index in [0.29, 0.717) is 5.92 Å². The van der Waals surface area contributed by atoms with E-state index < -0.39 is 0 Å². The zero-order valence-electron chi connectivity index (χ0n) is 17.7. The summed E-state index contributed by atoms with van der Waals surface area (Å²) in [6.07, 6.45) is 1.83. The summed E-state index contributed by atoms with van der Waals surface area (Å²) >= 11 is 0. The van der Waals surface area contributed by atoms with Crippen molar-refractivity contribution < 1.29 is 9.53 Å². The van der Waals surface area contributed by atoms with Crippen LogP contribution in [0.3, 0.4) is 0 Å². The minimum Gasteiger partial charge on any atom is -0.497 e. The van der Waals surface area contributed by atoms with Crippen molar-refractivity contribution in [1.82, 2.24) is 15.1 Å². The Kier molecular flexibility index (Phi) is 5.74. The molecule has 2 aromatic carbocycles. The van der Waals surface area contributed by atoms with Crippen LogP contribution in [0.4, 0.5) is 10.5 Å². The zero-order chi connectivity index (χ0) is 21.1. The van der Waals surface area contributed by atoms with Gasteiger partial charge < -0.3 is 15.0 Å². The number of carbonyl (C=O) groups is 1. The molecule has 0 saturated carbocycles. The number of urea groups is 1. The molecule has 0 radical (unpaired) electrons. The summed E-state index contributed by atoms with van der Waals surface area (Å²) in [5, 5.41) is 10.8. The van der Waals surface area contributed by atoms with Crippen LogP contribution < -0.4 is 10.1 Å². The standard InChI is InChI=1S/C24H28N4O2/c1-16-7-8-17(2)21(13-16)25-24(29)28-11-9-18(10-12-28)22-15-23(27-26-22)19-5-4-6-20(14-19)30-3/h4-8,13-15,18H,9-12H2,1-3H3,(H,25,29)(H,26,27). The van der Waals surface area contributed by atoms with Crippen LogP contribution in [0.2, 0.25) is 0 Å². The van der Waals surface area contributed by atoms with Crippen molar-refractivity contribution in [2.45, 2.75) is 32.6 Å². The third kappa shape index (κ3) is 4.32. The average Bonchev–Trinajstić information content (AvgIpc) is 3.27. The molecule has 1 aliphatic heterocycles. The number of aromatic amines is 1. The van der Waals surface area contributed by atoms with E-state index >= 15 is 0 Å². The third-order valence-corrected chi connectivity index (χ3v) is 5.82. The van der Waals surface area contributed by atoms with Crippen LogP contribution in [-0.4, -0.2) is 41.3 Å². The Morgan fingerprint density at radius 2 is 1.93 bits per heavy atom. The number of aryl methyl sites for hydroxylation is 2. The molecule has 1 fully saturated rings. The maximum atomic E-state index is 12.7. The molecule has 2 amide bonds. The summed E-state index contributed by atoms with van der Waals surface area (Å²) in [6.45, 7) is 5.51. The van der Waals surface area contributed by atoms with Gasteiger partial charge in [-0.1, -0.05) is 24.3 Å². The first-order valence-corrected chi connectivity index (χ1v) is 10.4. The van der Waals surface area contributed by atoms with Crippen LogP contribution >= 0.6 is 0 Å². The summed E-state index contributed by atoms with van der Waals surface area (Å²) in [5.41, 5.74) is 6.18. The molecule has 0 atom stereocenters. The van der Waals surface area contributed by atoms with Crippen LogP contribution in [0, 0.1) is 13.8 Å². The summed E-state index contributed by atoms with van der Waals surface area (Å²) in [5.74, 6) is 1.20. The molecule has 2 heterocycles. The van der Waals surface area contributed by atoms with Gasteiger partial charge in [0.1, 0.15) is 5.75 Å². The van der Waals surface area contributed by atoms with E-state index in [0.717, 1.165) is 65.4 Å². The molecule has 0 bridgehead atoms. The van der Waals surface area contributed by atoms with Crippen molar-refractivity contribution in [3.05, 3.63) is 65.4 Å². The number of ether oxygens (including phenoxy) is 1. The molecule has 1 aliphatic rings. The first-order valence-electron chi connectivity index (χ1n) is 10.4. The average molecular weight is 405 g/mol. The van der Waals surface area contributed by atoms with Crippen molar-refractivity contribution in [3.8, 4) is 17.0 Å². The first kappa shape index (κ1) is 20.0. The molecule has 1 saturated heterocycles. The quantitative estimate of drug-likeness (QED) is 0.634. The highest BCUT2D eigenvalue weighted by atomic mass is 16.5. The fraction of sp³-hybridized carbons (Fsp3) is 0.333. The van der Waals surface area contributed by atoms with E-state index in [4.69, 9.17) is 4.74 Å². The second-order valence-electron chi connectivity index (χ2n) is 7.95. The molecule has 156 valence electrons. The zero-order valence-corrected chi connectivity index (χ0v) is 17.7. The number of nitrogens with zero attached hydrogens (tertiary/aromatic N) is 2. The van der Waals surface area contributed by atoms with Gasteiger partial charge in [-0.25, -0.2) is 4.79 Å². The Morgan fingerprint density at radius 3 is 2.70 bits per heavy atom. The van der Waals surface area contributed by atoms with E-state index in [-0.39, 0.29) is 6.03 Å². The molecule has 0 spiro atoms. The monoisotopic (exact) mass is 404 g/mol. The summed E-state index contributed by atoms with van der Waals surface area (Å²) in [7, 11) is 1.67. The van der Waals surface area contributed by atoms with E-state index in [9.17, 15) is 4.79 Å². The number of anilines is 1. The van der Waals surface area contributed by atoms with Gasteiger partial charge in [0, 0.05) is 36.0 Å². The highest BCUT2D eigenvalue weighted by Gasteiger charge is 2.25. The van der Waals surface area contributed by atoms with Gasteiger partial charge in [0.15, 0.2) is 0 Å². The maximum Gasteiger partial charge on any atom is 0.321 e. The third-order valence-electron chi connectivity index (χ3n) is 5.82. The van der Waals surface area contributed by atoms with Gasteiger partial charge in [-0.3, -0.25) is 5.10 Å². The fourth-order valence-electron chi connectivity index (χ4n) is 3.93. The van der Waals surface area contributed by atoms with Crippen molar-refractivity contribution in [2.75, 3.05) is 25.5 Å². The van der Waals surface area contributed by atoms with Crippen LogP contribution in [0.15, 0.2) is 48.5 Å². The smallest absolute Gasteiger partial charge is 0.321 e. The number of carbonyl (C=O) groups excluding carboxylic acids is 1. The molecule has 30 heavy (non-hydrogen) atoms. The second-order valence-corrected chi connectivity index (χ2v) is 7.95. The lowest BCUT2D eigenvalue weighted by atomic mass is 9.93. The molecular formula is C24H28N4O2. The fourth-order valence-corrected chi connectivity index (χ4v) is 3.93. The minimum atomic E-state index is -0.0242. The number of likely N-dealkylation sites (tertiary alicyclic amines) is 1. The highest BCUT2D eigenvalue weighted by Crippen LogP contribution is 2.30. The summed E-state index contributed by atoms with van der Waals surface area (Å²) < 4.78 is 5.31. The Bertz CT molecular complexity index is 1040. The summed E-state index contributed by atoms with van der Waals surface area (Å²) in [4.78, 5) is 14.6. The van der Waals surface area contributed by atoms with Gasteiger partial charge in [-0.15, -0.1) is 0 Å². The number of hydrogen-bond acceptors (Lipinski definition) is 3. The minimum absolute atomic E-state index is 0.0242. The lowest BCUT2D eigenvalue weighted by Gasteiger charge is -2.31. The number of methoxy groups -OCH3 is 1. The van der Waals surface area contributed by atoms with E-state index in [2.05, 4.69) is 27.6 Å². The van der Waals surface area contributed by atoms with Crippen molar-refractivity contribution in [3.63, 3.8) is 0 Å². The number of H-pyrrole nitrogens is 1. The molecule has 6 heteroatoms. The van der Waals surface area contributed by atoms with Gasteiger partial charge in [0.25, 0.3) is 0 Å². The van der Waals surface area contributed by atoms with Crippen molar-refractivity contribution in [2.24, 2.45) is 0 Å². The van der Waals surface area contributed by atoms with E-state index in [1.165, 1.54) is 0 Å². The topological polar surface area (TPSA) is 70.2 Å². The van der Waals surface area contributed by atoms with Gasteiger partial charge in [-0.05, 0) is 62.1 Å². The number of benzene rings is 2. The molecule has 1 aromatic heterocycles. The predicted molar refractivity (Wildman–Crippen MR) is 119 cm³/mol. The molecular weight excluding hydrogens is 376 g/mol. The number of piperidine rings is 1. The highest BCUT2D eigenvalue weighted by molar-refractivity contribution is 5.90. The van der Waals surface area contributed by atoms with Gasteiger partial charge >= 0.3 is 6.03 Å². The lowest BCUT2D eigenvalue weighted by molar-refractivity contribution is 0.194. The van der Waals surface area contributed by atoms with Crippen LogP contribution in [0.5, 0.6) is 5.75 Å². The van der Waals surface area contributed by atoms with Gasteiger partial charge in [0.2, 0.25) is 0 Å². The Hall–Kier alpha value is -3.28. The van der Waals surface area contributed by atoms with Crippen molar-refractivity contribution >= 4 is 11.7 Å². The SMILES string of the molecule is COc1cccc(-c2cc(C3CCN(C(=O)Nc4cc(C)ccc4C)CC3)[nH]n2)c1.